The van der Waals surface area contributed by atoms with E-state index in [9.17, 15) is 4.79 Å². The van der Waals surface area contributed by atoms with E-state index < -0.39 is 6.04 Å². The molecule has 2 atom stereocenters. The van der Waals surface area contributed by atoms with Crippen LogP contribution in [0.25, 0.3) is 0 Å². The van der Waals surface area contributed by atoms with Crippen LogP contribution in [0, 0.1) is 5.92 Å². The normalized spacial score (nSPS) is 14.9. The SMILES string of the molecule is CCCCC(CC)COC(=O)[C@@H](C)N. The molecule has 0 saturated heterocycles. The van der Waals surface area contributed by atoms with Gasteiger partial charge < -0.3 is 10.5 Å². The standard InChI is InChI=1S/C11H23NO2/c1-4-6-7-10(5-2)8-14-11(13)9(3)12/h9-10H,4-8,12H2,1-3H3/t9-,10?/m1/s1. The fraction of sp³-hybridized carbons (Fsp3) is 0.909. The first kappa shape index (κ1) is 13.4. The lowest BCUT2D eigenvalue weighted by molar-refractivity contribution is -0.146. The Balaban J connectivity index is 3.66. The Labute approximate surface area is 87.0 Å². The molecule has 14 heavy (non-hydrogen) atoms. The van der Waals surface area contributed by atoms with Crippen molar-refractivity contribution < 1.29 is 9.53 Å². The smallest absolute Gasteiger partial charge is 0.322 e. The van der Waals surface area contributed by atoms with Crippen molar-refractivity contribution in [2.75, 3.05) is 6.61 Å². The Morgan fingerprint density at radius 1 is 1.43 bits per heavy atom. The molecule has 84 valence electrons. The second-order valence-corrected chi connectivity index (χ2v) is 3.84. The average molecular weight is 201 g/mol. The zero-order valence-electron chi connectivity index (χ0n) is 9.58. The third-order valence-corrected chi connectivity index (χ3v) is 2.38. The third-order valence-electron chi connectivity index (χ3n) is 2.38. The van der Waals surface area contributed by atoms with E-state index in [0.717, 1.165) is 12.8 Å². The Morgan fingerprint density at radius 2 is 2.07 bits per heavy atom. The van der Waals surface area contributed by atoms with Gasteiger partial charge in [0.15, 0.2) is 0 Å². The molecular weight excluding hydrogens is 178 g/mol. The van der Waals surface area contributed by atoms with Gasteiger partial charge in [-0.3, -0.25) is 4.79 Å². The number of unbranched alkanes of at least 4 members (excludes halogenated alkanes) is 1. The van der Waals surface area contributed by atoms with Gasteiger partial charge in [-0.2, -0.15) is 0 Å². The number of ether oxygens (including phenoxy) is 1. The molecule has 3 heteroatoms. The van der Waals surface area contributed by atoms with Gasteiger partial charge >= 0.3 is 5.97 Å². The zero-order chi connectivity index (χ0) is 11.0. The summed E-state index contributed by atoms with van der Waals surface area (Å²) in [6.07, 6.45) is 4.59. The number of carbonyl (C=O) groups excluding carboxylic acids is 1. The number of rotatable bonds is 7. The summed E-state index contributed by atoms with van der Waals surface area (Å²) in [4.78, 5) is 11.1. The molecule has 0 aromatic rings. The van der Waals surface area contributed by atoms with Crippen LogP contribution in [0.4, 0.5) is 0 Å². The van der Waals surface area contributed by atoms with Crippen LogP contribution < -0.4 is 5.73 Å². The van der Waals surface area contributed by atoms with Gasteiger partial charge in [0.1, 0.15) is 6.04 Å². The molecule has 0 bridgehead atoms. The van der Waals surface area contributed by atoms with Crippen LogP contribution in [0.1, 0.15) is 46.5 Å². The molecule has 2 N–H and O–H groups in total. The van der Waals surface area contributed by atoms with E-state index in [2.05, 4.69) is 13.8 Å². The molecule has 0 saturated carbocycles. The molecule has 0 fully saturated rings. The van der Waals surface area contributed by atoms with Crippen molar-refractivity contribution in [1.82, 2.24) is 0 Å². The fourth-order valence-corrected chi connectivity index (χ4v) is 1.23. The first-order valence-corrected chi connectivity index (χ1v) is 5.54. The summed E-state index contributed by atoms with van der Waals surface area (Å²) in [5.74, 6) is 0.206. The Kier molecular flexibility index (Phi) is 7.48. The van der Waals surface area contributed by atoms with Crippen LogP contribution in [0.5, 0.6) is 0 Å². The second-order valence-electron chi connectivity index (χ2n) is 3.84. The number of hydrogen-bond donors (Lipinski definition) is 1. The molecular formula is C11H23NO2. The molecule has 0 aliphatic carbocycles. The monoisotopic (exact) mass is 201 g/mol. The van der Waals surface area contributed by atoms with Gasteiger partial charge in [0.25, 0.3) is 0 Å². The van der Waals surface area contributed by atoms with Crippen LogP contribution >= 0.6 is 0 Å². The van der Waals surface area contributed by atoms with Crippen molar-refractivity contribution in [3.05, 3.63) is 0 Å². The highest BCUT2D eigenvalue weighted by Crippen LogP contribution is 2.12. The van der Waals surface area contributed by atoms with Crippen LogP contribution in [-0.4, -0.2) is 18.6 Å². The van der Waals surface area contributed by atoms with Gasteiger partial charge in [-0.05, 0) is 19.3 Å². The topological polar surface area (TPSA) is 52.3 Å². The van der Waals surface area contributed by atoms with Crippen molar-refractivity contribution in [2.45, 2.75) is 52.5 Å². The number of esters is 1. The molecule has 0 heterocycles. The number of hydrogen-bond acceptors (Lipinski definition) is 3. The molecule has 3 nitrogen and oxygen atoms in total. The zero-order valence-corrected chi connectivity index (χ0v) is 9.58. The van der Waals surface area contributed by atoms with Crippen molar-refractivity contribution in [1.29, 1.82) is 0 Å². The first-order valence-electron chi connectivity index (χ1n) is 5.54. The van der Waals surface area contributed by atoms with Crippen molar-refractivity contribution in [2.24, 2.45) is 11.7 Å². The minimum Gasteiger partial charge on any atom is -0.464 e. The van der Waals surface area contributed by atoms with Gasteiger partial charge in [0.2, 0.25) is 0 Å². The molecule has 1 unspecified atom stereocenters. The highest BCUT2D eigenvalue weighted by Gasteiger charge is 2.12. The van der Waals surface area contributed by atoms with Crippen LogP contribution in [-0.2, 0) is 9.53 Å². The highest BCUT2D eigenvalue weighted by atomic mass is 16.5. The molecule has 0 rings (SSSR count). The van der Waals surface area contributed by atoms with Gasteiger partial charge in [0.05, 0.1) is 6.61 Å². The lowest BCUT2D eigenvalue weighted by atomic mass is 10.0. The summed E-state index contributed by atoms with van der Waals surface area (Å²) in [5.41, 5.74) is 5.39. The maximum atomic E-state index is 11.1. The summed E-state index contributed by atoms with van der Waals surface area (Å²) >= 11 is 0. The minimum absolute atomic E-state index is 0.292. The number of nitrogens with two attached hydrogens (primary N) is 1. The van der Waals surface area contributed by atoms with Crippen LogP contribution in [0.2, 0.25) is 0 Å². The summed E-state index contributed by atoms with van der Waals surface area (Å²) in [6, 6.07) is -0.501. The highest BCUT2D eigenvalue weighted by molar-refractivity contribution is 5.74. The average Bonchev–Trinajstić information content (AvgIpc) is 2.17. The lowest BCUT2D eigenvalue weighted by Gasteiger charge is -2.15. The minimum atomic E-state index is -0.501. The molecule has 0 amide bonds. The van der Waals surface area contributed by atoms with Crippen molar-refractivity contribution in [3.8, 4) is 0 Å². The Bertz CT molecular complexity index is 157. The maximum Gasteiger partial charge on any atom is 0.322 e. The van der Waals surface area contributed by atoms with E-state index in [4.69, 9.17) is 10.5 Å². The predicted molar refractivity (Wildman–Crippen MR) is 57.9 cm³/mol. The van der Waals surface area contributed by atoms with Crippen LogP contribution in [0.15, 0.2) is 0 Å². The second kappa shape index (κ2) is 7.80. The van der Waals surface area contributed by atoms with Crippen LogP contribution in [0.3, 0.4) is 0 Å². The molecule has 0 radical (unpaired) electrons. The number of carbonyl (C=O) groups is 1. The van der Waals surface area contributed by atoms with Crippen molar-refractivity contribution in [3.63, 3.8) is 0 Å². The molecule has 0 aromatic heterocycles. The largest absolute Gasteiger partial charge is 0.464 e. The predicted octanol–water partition coefficient (Wildman–Crippen LogP) is 2.09. The van der Waals surface area contributed by atoms with Gasteiger partial charge in [-0.1, -0.05) is 33.1 Å². The summed E-state index contributed by atoms with van der Waals surface area (Å²) < 4.78 is 5.09. The first-order chi connectivity index (χ1) is 6.61. The molecule has 0 aliphatic heterocycles. The van der Waals surface area contributed by atoms with Crippen molar-refractivity contribution >= 4 is 5.97 Å². The maximum absolute atomic E-state index is 11.1. The third kappa shape index (κ3) is 5.97. The summed E-state index contributed by atoms with van der Waals surface area (Å²) in [7, 11) is 0. The van der Waals surface area contributed by atoms with Gasteiger partial charge in [0, 0.05) is 0 Å². The van der Waals surface area contributed by atoms with Gasteiger partial charge in [-0.15, -0.1) is 0 Å². The summed E-state index contributed by atoms with van der Waals surface area (Å²) in [5, 5.41) is 0. The fourth-order valence-electron chi connectivity index (χ4n) is 1.23. The lowest BCUT2D eigenvalue weighted by Crippen LogP contribution is -2.30. The molecule has 0 spiro atoms. The van der Waals surface area contributed by atoms with E-state index in [1.54, 1.807) is 6.92 Å². The Morgan fingerprint density at radius 3 is 2.50 bits per heavy atom. The van der Waals surface area contributed by atoms with E-state index in [-0.39, 0.29) is 5.97 Å². The Hall–Kier alpha value is -0.570. The summed E-state index contributed by atoms with van der Waals surface area (Å²) in [6.45, 7) is 6.47. The quantitative estimate of drug-likeness (QED) is 0.642. The molecule has 0 aliphatic rings. The van der Waals surface area contributed by atoms with E-state index >= 15 is 0 Å². The van der Waals surface area contributed by atoms with Gasteiger partial charge in [-0.25, -0.2) is 0 Å². The van der Waals surface area contributed by atoms with E-state index in [1.165, 1.54) is 12.8 Å². The van der Waals surface area contributed by atoms with E-state index in [0.29, 0.717) is 12.5 Å². The molecule has 0 aromatic carbocycles. The van der Waals surface area contributed by atoms with E-state index in [1.807, 2.05) is 0 Å².